The van der Waals surface area contributed by atoms with Gasteiger partial charge in [-0.2, -0.15) is 0 Å². The highest BCUT2D eigenvalue weighted by molar-refractivity contribution is 5.43. The highest BCUT2D eigenvalue weighted by Gasteiger charge is 2.10. The van der Waals surface area contributed by atoms with Crippen molar-refractivity contribution in [3.8, 4) is 11.5 Å². The lowest BCUT2D eigenvalue weighted by Gasteiger charge is -2.11. The van der Waals surface area contributed by atoms with Crippen LogP contribution < -0.4 is 15.2 Å². The molecule has 1 heterocycles. The highest BCUT2D eigenvalue weighted by Crippen LogP contribution is 2.30. The molecule has 1 atom stereocenters. The average Bonchev–Trinajstić information content (AvgIpc) is 2.60. The van der Waals surface area contributed by atoms with E-state index < -0.39 is 0 Å². The molecule has 0 amide bonds. The third-order valence-electron chi connectivity index (χ3n) is 3.14. The normalized spacial score (nSPS) is 16.4. The molecule has 17 heavy (non-hydrogen) atoms. The molecular weight excluding hydrogens is 214 g/mol. The van der Waals surface area contributed by atoms with Gasteiger partial charge in [0.2, 0.25) is 0 Å². The van der Waals surface area contributed by atoms with E-state index in [1.54, 1.807) is 0 Å². The van der Waals surface area contributed by atoms with Gasteiger partial charge >= 0.3 is 0 Å². The molecule has 0 spiro atoms. The van der Waals surface area contributed by atoms with Crippen LogP contribution in [0.4, 0.5) is 0 Å². The Labute approximate surface area is 103 Å². The second kappa shape index (κ2) is 5.92. The fourth-order valence-electron chi connectivity index (χ4n) is 1.92. The molecule has 0 radical (unpaired) electrons. The SMILES string of the molecule is CCC(N)CCc1ccc2c(c1)OCCCO2. The van der Waals surface area contributed by atoms with E-state index in [9.17, 15) is 0 Å². The number of rotatable bonds is 4. The first kappa shape index (κ1) is 12.2. The van der Waals surface area contributed by atoms with Crippen molar-refractivity contribution >= 4 is 0 Å². The smallest absolute Gasteiger partial charge is 0.161 e. The molecule has 1 aliphatic heterocycles. The maximum absolute atomic E-state index is 5.93. The van der Waals surface area contributed by atoms with Gasteiger partial charge in [0.25, 0.3) is 0 Å². The topological polar surface area (TPSA) is 44.5 Å². The van der Waals surface area contributed by atoms with Crippen molar-refractivity contribution in [1.82, 2.24) is 0 Å². The predicted molar refractivity (Wildman–Crippen MR) is 68.6 cm³/mol. The lowest BCUT2D eigenvalue weighted by Crippen LogP contribution is -2.19. The molecule has 1 aromatic carbocycles. The molecule has 0 aliphatic carbocycles. The number of nitrogens with two attached hydrogens (primary N) is 1. The summed E-state index contributed by atoms with van der Waals surface area (Å²) in [7, 11) is 0. The summed E-state index contributed by atoms with van der Waals surface area (Å²) >= 11 is 0. The van der Waals surface area contributed by atoms with Crippen LogP contribution in [0, 0.1) is 0 Å². The van der Waals surface area contributed by atoms with E-state index in [1.165, 1.54) is 5.56 Å². The standard InChI is InChI=1S/C14H21NO2/c1-2-12(15)6-4-11-5-7-13-14(10-11)17-9-3-8-16-13/h5,7,10,12H,2-4,6,8-9,15H2,1H3. The van der Waals surface area contributed by atoms with Gasteiger partial charge in [0.05, 0.1) is 13.2 Å². The summed E-state index contributed by atoms with van der Waals surface area (Å²) in [6, 6.07) is 6.50. The molecule has 0 bridgehead atoms. The van der Waals surface area contributed by atoms with Gasteiger partial charge < -0.3 is 15.2 Å². The molecule has 3 nitrogen and oxygen atoms in total. The number of fused-ring (bicyclic) bond motifs is 1. The maximum Gasteiger partial charge on any atom is 0.161 e. The number of ether oxygens (including phenoxy) is 2. The number of hydrogen-bond acceptors (Lipinski definition) is 3. The summed E-state index contributed by atoms with van der Waals surface area (Å²) in [5, 5.41) is 0. The minimum absolute atomic E-state index is 0.297. The molecule has 3 heteroatoms. The Morgan fingerprint density at radius 3 is 2.76 bits per heavy atom. The molecule has 0 saturated heterocycles. The first-order chi connectivity index (χ1) is 8.29. The molecule has 94 valence electrons. The van der Waals surface area contributed by atoms with Crippen LogP contribution in [-0.4, -0.2) is 19.3 Å². The fraction of sp³-hybridized carbons (Fsp3) is 0.571. The minimum atomic E-state index is 0.297. The zero-order chi connectivity index (χ0) is 12.1. The summed E-state index contributed by atoms with van der Waals surface area (Å²) in [6.45, 7) is 3.61. The molecule has 1 aliphatic rings. The molecule has 2 N–H and O–H groups in total. The molecule has 1 unspecified atom stereocenters. The Hall–Kier alpha value is -1.22. The van der Waals surface area contributed by atoms with Crippen LogP contribution in [0.2, 0.25) is 0 Å². The predicted octanol–water partition coefficient (Wildman–Crippen LogP) is 2.52. The summed E-state index contributed by atoms with van der Waals surface area (Å²) < 4.78 is 11.3. The molecule has 0 fully saturated rings. The van der Waals surface area contributed by atoms with Gasteiger partial charge in [0.1, 0.15) is 0 Å². The third-order valence-corrected chi connectivity index (χ3v) is 3.14. The Bertz CT molecular complexity index is 365. The minimum Gasteiger partial charge on any atom is -0.490 e. The summed E-state index contributed by atoms with van der Waals surface area (Å²) in [4.78, 5) is 0. The van der Waals surface area contributed by atoms with Crippen molar-refractivity contribution in [2.45, 2.75) is 38.6 Å². The molecule has 0 aromatic heterocycles. The third kappa shape index (κ3) is 3.37. The van der Waals surface area contributed by atoms with E-state index in [2.05, 4.69) is 19.1 Å². The Balaban J connectivity index is 2.02. The zero-order valence-corrected chi connectivity index (χ0v) is 10.4. The summed E-state index contributed by atoms with van der Waals surface area (Å²) in [5.74, 6) is 1.75. The number of aryl methyl sites for hydroxylation is 1. The monoisotopic (exact) mass is 235 g/mol. The van der Waals surface area contributed by atoms with Crippen LogP contribution in [0.5, 0.6) is 11.5 Å². The average molecular weight is 235 g/mol. The zero-order valence-electron chi connectivity index (χ0n) is 10.4. The second-order valence-corrected chi connectivity index (χ2v) is 4.54. The fourth-order valence-corrected chi connectivity index (χ4v) is 1.92. The maximum atomic E-state index is 5.93. The molecule has 1 aromatic rings. The van der Waals surface area contributed by atoms with Crippen molar-refractivity contribution in [1.29, 1.82) is 0 Å². The van der Waals surface area contributed by atoms with E-state index >= 15 is 0 Å². The quantitative estimate of drug-likeness (QED) is 0.872. The van der Waals surface area contributed by atoms with Gasteiger partial charge in [-0.05, 0) is 37.0 Å². The van der Waals surface area contributed by atoms with Crippen LogP contribution in [-0.2, 0) is 6.42 Å². The first-order valence-corrected chi connectivity index (χ1v) is 6.43. The van der Waals surface area contributed by atoms with Gasteiger partial charge in [-0.1, -0.05) is 13.0 Å². The Morgan fingerprint density at radius 2 is 2.00 bits per heavy atom. The van der Waals surface area contributed by atoms with Crippen molar-refractivity contribution in [3.63, 3.8) is 0 Å². The number of hydrogen-bond donors (Lipinski definition) is 1. The van der Waals surface area contributed by atoms with E-state index in [0.29, 0.717) is 6.04 Å². The van der Waals surface area contributed by atoms with E-state index in [4.69, 9.17) is 15.2 Å². The van der Waals surface area contributed by atoms with Gasteiger partial charge in [0.15, 0.2) is 11.5 Å². The van der Waals surface area contributed by atoms with Gasteiger partial charge in [-0.25, -0.2) is 0 Å². The number of benzene rings is 1. The summed E-state index contributed by atoms with van der Waals surface area (Å²) in [5.41, 5.74) is 7.20. The van der Waals surface area contributed by atoms with E-state index in [0.717, 1.165) is 50.4 Å². The lowest BCUT2D eigenvalue weighted by molar-refractivity contribution is 0.297. The molecule has 2 rings (SSSR count). The Morgan fingerprint density at radius 1 is 1.24 bits per heavy atom. The van der Waals surface area contributed by atoms with Gasteiger partial charge in [-0.3, -0.25) is 0 Å². The lowest BCUT2D eigenvalue weighted by atomic mass is 10.0. The molecule has 0 saturated carbocycles. The highest BCUT2D eigenvalue weighted by atomic mass is 16.5. The van der Waals surface area contributed by atoms with Crippen LogP contribution in [0.1, 0.15) is 31.7 Å². The van der Waals surface area contributed by atoms with Gasteiger partial charge in [-0.15, -0.1) is 0 Å². The van der Waals surface area contributed by atoms with E-state index in [1.807, 2.05) is 6.07 Å². The van der Waals surface area contributed by atoms with Gasteiger partial charge in [0, 0.05) is 12.5 Å². The van der Waals surface area contributed by atoms with Crippen molar-refractivity contribution < 1.29 is 9.47 Å². The van der Waals surface area contributed by atoms with Crippen LogP contribution in [0.3, 0.4) is 0 Å². The summed E-state index contributed by atoms with van der Waals surface area (Å²) in [6.07, 6.45) is 4.01. The van der Waals surface area contributed by atoms with Crippen molar-refractivity contribution in [3.05, 3.63) is 23.8 Å². The van der Waals surface area contributed by atoms with E-state index in [-0.39, 0.29) is 0 Å². The first-order valence-electron chi connectivity index (χ1n) is 6.43. The van der Waals surface area contributed by atoms with Crippen molar-refractivity contribution in [2.24, 2.45) is 5.73 Å². The van der Waals surface area contributed by atoms with Crippen LogP contribution in [0.25, 0.3) is 0 Å². The van der Waals surface area contributed by atoms with Crippen LogP contribution >= 0.6 is 0 Å². The largest absolute Gasteiger partial charge is 0.490 e. The molecular formula is C14H21NO2. The van der Waals surface area contributed by atoms with Crippen molar-refractivity contribution in [2.75, 3.05) is 13.2 Å². The second-order valence-electron chi connectivity index (χ2n) is 4.54. The van der Waals surface area contributed by atoms with Crippen LogP contribution in [0.15, 0.2) is 18.2 Å². The Kier molecular flexibility index (Phi) is 4.26.